The number of halogens is 1. The number of allylic oxidation sites excluding steroid dienone is 1. The van der Waals surface area contributed by atoms with E-state index >= 15 is 0 Å². The number of nitrogens with one attached hydrogen (secondary N) is 2. The molecule has 2 atom stereocenters. The normalized spacial score (nSPS) is 19.3. The molecule has 1 aliphatic carbocycles. The molecule has 0 amide bonds. The van der Waals surface area contributed by atoms with Gasteiger partial charge >= 0.3 is 0 Å². The number of benzene rings is 3. The van der Waals surface area contributed by atoms with Crippen molar-refractivity contribution in [2.75, 3.05) is 17.7 Å². The lowest BCUT2D eigenvalue weighted by atomic mass is 9.78. The number of rotatable bonds is 5. The maximum Gasteiger partial charge on any atom is 0.163 e. The Morgan fingerprint density at radius 2 is 1.69 bits per heavy atom. The van der Waals surface area contributed by atoms with E-state index < -0.39 is 0 Å². The van der Waals surface area contributed by atoms with Gasteiger partial charge in [0.15, 0.2) is 17.3 Å². The molecule has 1 aliphatic heterocycles. The first-order chi connectivity index (χ1) is 16.9. The van der Waals surface area contributed by atoms with Gasteiger partial charge in [0.1, 0.15) is 0 Å². The van der Waals surface area contributed by atoms with Crippen LogP contribution in [0.2, 0.25) is 5.02 Å². The number of fused-ring (bicyclic) bond motifs is 1. The van der Waals surface area contributed by atoms with Gasteiger partial charge in [0.05, 0.1) is 30.6 Å². The second-order valence-corrected chi connectivity index (χ2v) is 9.67. The van der Waals surface area contributed by atoms with Gasteiger partial charge in [-0.1, -0.05) is 48.0 Å². The molecule has 180 valence electrons. The molecular formula is C29H29ClN2O3. The number of ether oxygens (including phenoxy) is 2. The summed E-state index contributed by atoms with van der Waals surface area (Å²) < 4.78 is 11.6. The maximum atomic E-state index is 13.7. The highest BCUT2D eigenvalue weighted by molar-refractivity contribution is 6.31. The van der Waals surface area contributed by atoms with E-state index in [2.05, 4.69) is 10.6 Å². The number of carbonyl (C=O) groups excluding carboxylic acids is 1. The van der Waals surface area contributed by atoms with Crippen molar-refractivity contribution in [3.63, 3.8) is 0 Å². The van der Waals surface area contributed by atoms with Crippen LogP contribution in [0.4, 0.5) is 11.4 Å². The number of para-hydroxylation sites is 2. The molecule has 5 nitrogen and oxygen atoms in total. The van der Waals surface area contributed by atoms with Crippen molar-refractivity contribution in [2.45, 2.75) is 44.8 Å². The molecule has 6 heteroatoms. The van der Waals surface area contributed by atoms with Gasteiger partial charge in [0, 0.05) is 22.7 Å². The molecule has 5 rings (SSSR count). The Morgan fingerprint density at radius 3 is 2.43 bits per heavy atom. The van der Waals surface area contributed by atoms with E-state index in [-0.39, 0.29) is 23.8 Å². The van der Waals surface area contributed by atoms with Gasteiger partial charge in [0.2, 0.25) is 0 Å². The Morgan fingerprint density at radius 1 is 0.943 bits per heavy atom. The Bertz CT molecular complexity index is 1300. The molecule has 0 aromatic heterocycles. The zero-order valence-electron chi connectivity index (χ0n) is 20.1. The van der Waals surface area contributed by atoms with Crippen molar-refractivity contribution < 1.29 is 14.3 Å². The van der Waals surface area contributed by atoms with Crippen LogP contribution in [0.1, 0.15) is 49.8 Å². The van der Waals surface area contributed by atoms with E-state index in [4.69, 9.17) is 21.1 Å². The average Bonchev–Trinajstić information content (AvgIpc) is 3.01. The smallest absolute Gasteiger partial charge is 0.163 e. The van der Waals surface area contributed by atoms with Crippen LogP contribution >= 0.6 is 11.6 Å². The number of carbonyl (C=O) groups is 1. The maximum absolute atomic E-state index is 13.7. The first-order valence-corrected chi connectivity index (χ1v) is 12.3. The van der Waals surface area contributed by atoms with E-state index in [1.54, 1.807) is 7.11 Å². The third-order valence-electron chi connectivity index (χ3n) is 6.54. The fourth-order valence-corrected chi connectivity index (χ4v) is 5.27. The van der Waals surface area contributed by atoms with Gasteiger partial charge in [-0.25, -0.2) is 0 Å². The second kappa shape index (κ2) is 9.67. The highest BCUT2D eigenvalue weighted by Crippen LogP contribution is 2.46. The fraction of sp³-hybridized carbons (Fsp3) is 0.276. The lowest BCUT2D eigenvalue weighted by Crippen LogP contribution is -2.27. The highest BCUT2D eigenvalue weighted by atomic mass is 35.5. The molecule has 0 radical (unpaired) electrons. The van der Waals surface area contributed by atoms with Crippen molar-refractivity contribution >= 4 is 28.8 Å². The zero-order chi connectivity index (χ0) is 24.5. The average molecular weight is 489 g/mol. The predicted molar refractivity (Wildman–Crippen MR) is 141 cm³/mol. The van der Waals surface area contributed by atoms with E-state index in [9.17, 15) is 4.79 Å². The van der Waals surface area contributed by atoms with Gasteiger partial charge in [-0.15, -0.1) is 0 Å². The van der Waals surface area contributed by atoms with Crippen LogP contribution in [0.5, 0.6) is 11.5 Å². The summed E-state index contributed by atoms with van der Waals surface area (Å²) in [5, 5.41) is 7.89. The molecule has 35 heavy (non-hydrogen) atoms. The van der Waals surface area contributed by atoms with Crippen LogP contribution in [0.25, 0.3) is 0 Å². The minimum atomic E-state index is -0.331. The van der Waals surface area contributed by atoms with Crippen molar-refractivity contribution in [3.8, 4) is 11.5 Å². The molecule has 2 unspecified atom stereocenters. The predicted octanol–water partition coefficient (Wildman–Crippen LogP) is 7.12. The molecule has 0 bridgehead atoms. The van der Waals surface area contributed by atoms with Gasteiger partial charge in [-0.3, -0.25) is 4.79 Å². The minimum Gasteiger partial charge on any atom is -0.493 e. The molecule has 1 heterocycles. The summed E-state index contributed by atoms with van der Waals surface area (Å²) >= 11 is 6.52. The Kier molecular flexibility index (Phi) is 6.44. The number of hydrogen-bond acceptors (Lipinski definition) is 5. The van der Waals surface area contributed by atoms with Crippen LogP contribution in [-0.4, -0.2) is 19.0 Å². The van der Waals surface area contributed by atoms with E-state index in [1.165, 1.54) is 0 Å². The molecule has 0 spiro atoms. The number of hydrogen-bond donors (Lipinski definition) is 2. The van der Waals surface area contributed by atoms with Crippen LogP contribution in [0.15, 0.2) is 78.0 Å². The van der Waals surface area contributed by atoms with Crippen molar-refractivity contribution in [1.82, 2.24) is 0 Å². The Labute approximate surface area is 211 Å². The number of methoxy groups -OCH3 is 1. The van der Waals surface area contributed by atoms with Crippen molar-refractivity contribution in [3.05, 3.63) is 94.1 Å². The minimum absolute atomic E-state index is 0.0183. The first kappa shape index (κ1) is 23.3. The summed E-state index contributed by atoms with van der Waals surface area (Å²) in [6, 6.07) is 21.4. The molecule has 2 aliphatic rings. The lowest BCUT2D eigenvalue weighted by Gasteiger charge is -2.30. The monoisotopic (exact) mass is 488 g/mol. The van der Waals surface area contributed by atoms with Crippen molar-refractivity contribution in [1.29, 1.82) is 0 Å². The lowest BCUT2D eigenvalue weighted by molar-refractivity contribution is -0.116. The number of Topliss-reactive ketones (excluding diaryl/α,β-unsaturated/α-hetero) is 1. The second-order valence-electron chi connectivity index (χ2n) is 9.27. The third kappa shape index (κ3) is 4.61. The molecule has 2 N–H and O–H groups in total. The highest BCUT2D eigenvalue weighted by Gasteiger charge is 2.36. The first-order valence-electron chi connectivity index (χ1n) is 11.9. The Balaban J connectivity index is 1.60. The van der Waals surface area contributed by atoms with Crippen LogP contribution in [-0.2, 0) is 4.79 Å². The summed E-state index contributed by atoms with van der Waals surface area (Å²) in [5.41, 5.74) is 5.51. The van der Waals surface area contributed by atoms with E-state index in [0.29, 0.717) is 29.4 Å². The SMILES string of the molecule is COc1cc(C2Nc3ccccc3NC3=C2C(=O)CC(c2ccccc2Cl)C3)ccc1OC(C)C. The molecule has 0 fully saturated rings. The number of ketones is 1. The molecule has 3 aromatic carbocycles. The summed E-state index contributed by atoms with van der Waals surface area (Å²) in [4.78, 5) is 13.7. The molecule has 3 aromatic rings. The number of anilines is 2. The summed E-state index contributed by atoms with van der Waals surface area (Å²) in [7, 11) is 1.63. The quantitative estimate of drug-likeness (QED) is 0.400. The van der Waals surface area contributed by atoms with Crippen LogP contribution in [0, 0.1) is 0 Å². The summed E-state index contributed by atoms with van der Waals surface area (Å²) in [5.74, 6) is 1.45. The summed E-state index contributed by atoms with van der Waals surface area (Å²) in [6.45, 7) is 3.96. The van der Waals surface area contributed by atoms with Crippen LogP contribution in [0.3, 0.4) is 0 Å². The van der Waals surface area contributed by atoms with Crippen molar-refractivity contribution in [2.24, 2.45) is 0 Å². The fourth-order valence-electron chi connectivity index (χ4n) is 4.98. The molecule has 0 saturated heterocycles. The van der Waals surface area contributed by atoms with Crippen LogP contribution < -0.4 is 20.1 Å². The third-order valence-corrected chi connectivity index (χ3v) is 6.88. The van der Waals surface area contributed by atoms with Gasteiger partial charge < -0.3 is 20.1 Å². The van der Waals surface area contributed by atoms with E-state index in [0.717, 1.165) is 33.8 Å². The summed E-state index contributed by atoms with van der Waals surface area (Å²) in [6.07, 6.45) is 1.13. The Hall–Kier alpha value is -3.44. The van der Waals surface area contributed by atoms with Gasteiger partial charge in [0.25, 0.3) is 0 Å². The van der Waals surface area contributed by atoms with Gasteiger partial charge in [-0.2, -0.15) is 0 Å². The zero-order valence-corrected chi connectivity index (χ0v) is 20.9. The molecule has 0 saturated carbocycles. The topological polar surface area (TPSA) is 59.6 Å². The van der Waals surface area contributed by atoms with Gasteiger partial charge in [-0.05, 0) is 67.6 Å². The standard InChI is InChI=1S/C29H29ClN2O3/c1-17(2)35-26-13-12-18(16-27(26)34-3)29-28-24(31-22-10-6-7-11-23(22)32-29)14-19(15-25(28)33)20-8-4-5-9-21(20)30/h4-13,16-17,19,29,31-32H,14-15H2,1-3H3. The molecular weight excluding hydrogens is 460 g/mol. The largest absolute Gasteiger partial charge is 0.493 e. The van der Waals surface area contributed by atoms with E-state index in [1.807, 2.05) is 80.6 Å².